The lowest BCUT2D eigenvalue weighted by Gasteiger charge is -2.44. The van der Waals surface area contributed by atoms with Crippen molar-refractivity contribution in [1.82, 2.24) is 9.55 Å². The van der Waals surface area contributed by atoms with E-state index in [1.165, 1.54) is 4.57 Å². The molecule has 0 saturated carbocycles. The topological polar surface area (TPSA) is 101 Å². The van der Waals surface area contributed by atoms with Gasteiger partial charge >= 0.3 is 5.69 Å². The molecule has 52 heavy (non-hydrogen) atoms. The second kappa shape index (κ2) is 15.3. The monoisotopic (exact) mass is 768 g/mol. The number of rotatable bonds is 12. The van der Waals surface area contributed by atoms with Gasteiger partial charge in [0.25, 0.3) is 5.56 Å². The lowest BCUT2D eigenvalue weighted by Crippen LogP contribution is -2.55. The molecule has 0 unspecified atom stereocenters. The standard InChI is InChI=1S/C40H64N2O7Si3/c1-38(2,3)50(10,11)45-27-32-33(48-51(12,13)39(4,5)6)34(49-52(14,15)40(7,8)9)36(47-32)42-26-29(35(43)41-37(42)44)25-28-21-23-31(24-22-28)46-30-19-17-16-18-20-30/h16-24,26,32-34,36H,25,27H2,1-15H3,(H,41,43,44)/t32-,33-,34-,36-/m1/s1. The van der Waals surface area contributed by atoms with Crippen LogP contribution in [0.4, 0.5) is 0 Å². The van der Waals surface area contributed by atoms with E-state index in [0.717, 1.165) is 11.3 Å². The molecule has 1 aromatic heterocycles. The van der Waals surface area contributed by atoms with Crippen LogP contribution in [0.25, 0.3) is 0 Å². The van der Waals surface area contributed by atoms with Crippen molar-refractivity contribution in [2.24, 2.45) is 0 Å². The number of hydrogen-bond acceptors (Lipinski definition) is 7. The van der Waals surface area contributed by atoms with E-state index >= 15 is 0 Å². The Morgan fingerprint density at radius 3 is 1.71 bits per heavy atom. The van der Waals surface area contributed by atoms with Crippen molar-refractivity contribution in [3.63, 3.8) is 0 Å². The Balaban J connectivity index is 1.77. The predicted molar refractivity (Wildman–Crippen MR) is 218 cm³/mol. The van der Waals surface area contributed by atoms with Crippen molar-refractivity contribution >= 4 is 25.0 Å². The molecule has 12 heteroatoms. The second-order valence-corrected chi connectivity index (χ2v) is 33.2. The van der Waals surface area contributed by atoms with E-state index in [2.05, 4.69) is 107 Å². The summed E-state index contributed by atoms with van der Waals surface area (Å²) in [7, 11) is -6.99. The van der Waals surface area contributed by atoms with Gasteiger partial charge in [0.15, 0.2) is 31.2 Å². The Bertz CT molecular complexity index is 1770. The fourth-order valence-corrected chi connectivity index (χ4v) is 8.86. The van der Waals surface area contributed by atoms with Gasteiger partial charge in [-0.1, -0.05) is 92.6 Å². The van der Waals surface area contributed by atoms with E-state index in [4.69, 9.17) is 22.8 Å². The third-order valence-corrected chi connectivity index (χ3v) is 25.2. The number of H-pyrrole nitrogens is 1. The first-order valence-electron chi connectivity index (χ1n) is 18.5. The average Bonchev–Trinajstić information content (AvgIpc) is 3.32. The summed E-state index contributed by atoms with van der Waals surface area (Å²) in [5, 5.41) is -0.206. The van der Waals surface area contributed by atoms with Crippen LogP contribution >= 0.6 is 0 Å². The van der Waals surface area contributed by atoms with Crippen LogP contribution < -0.4 is 16.0 Å². The van der Waals surface area contributed by atoms with Gasteiger partial charge in [-0.05, 0) is 84.2 Å². The summed E-state index contributed by atoms with van der Waals surface area (Å²) >= 11 is 0. The lowest BCUT2D eigenvalue weighted by molar-refractivity contribution is -0.0511. The zero-order valence-electron chi connectivity index (χ0n) is 34.3. The third-order valence-electron chi connectivity index (χ3n) is 11.8. The minimum absolute atomic E-state index is 0.00549. The Kier molecular flexibility index (Phi) is 12.4. The van der Waals surface area contributed by atoms with Crippen LogP contribution in [0.2, 0.25) is 54.4 Å². The van der Waals surface area contributed by atoms with Crippen LogP contribution in [0.15, 0.2) is 70.4 Å². The van der Waals surface area contributed by atoms with Crippen molar-refractivity contribution in [2.75, 3.05) is 6.61 Å². The lowest BCUT2D eigenvalue weighted by atomic mass is 10.1. The molecule has 0 aliphatic carbocycles. The SMILES string of the molecule is CC(C)(C)[Si](C)(C)OC[C@H]1O[C@@H](n2cc(Cc3ccc(Oc4ccccc4)cc3)c(=O)[nH]c2=O)[C@H](O[Si](C)(C)C(C)(C)C)[C@@H]1O[Si](C)(C)C(C)(C)C. The van der Waals surface area contributed by atoms with Crippen molar-refractivity contribution < 1.29 is 22.8 Å². The van der Waals surface area contributed by atoms with Crippen molar-refractivity contribution in [1.29, 1.82) is 0 Å². The first-order chi connectivity index (χ1) is 23.7. The molecule has 1 N–H and O–H groups in total. The number of aromatic nitrogens is 2. The summed E-state index contributed by atoms with van der Waals surface area (Å²) < 4.78 is 35.6. The molecule has 1 aliphatic heterocycles. The average molecular weight is 769 g/mol. The highest BCUT2D eigenvalue weighted by Gasteiger charge is 2.55. The molecular formula is C40H64N2O7Si3. The summed E-state index contributed by atoms with van der Waals surface area (Å²) in [6.07, 6.45) is -0.506. The maximum atomic E-state index is 13.8. The molecule has 288 valence electrons. The molecule has 4 rings (SSSR count). The van der Waals surface area contributed by atoms with E-state index in [1.807, 2.05) is 54.6 Å². The van der Waals surface area contributed by atoms with Crippen molar-refractivity contribution in [3.05, 3.63) is 92.8 Å². The number of nitrogens with one attached hydrogen (secondary N) is 1. The van der Waals surface area contributed by atoms with Gasteiger partial charge < -0.3 is 22.8 Å². The van der Waals surface area contributed by atoms with Gasteiger partial charge in [-0.25, -0.2) is 4.79 Å². The molecular weight excluding hydrogens is 705 g/mol. The molecule has 0 bridgehead atoms. The molecule has 9 nitrogen and oxygen atoms in total. The quantitative estimate of drug-likeness (QED) is 0.183. The number of ether oxygens (including phenoxy) is 2. The molecule has 1 saturated heterocycles. The minimum atomic E-state index is -2.44. The number of para-hydroxylation sites is 1. The van der Waals surface area contributed by atoms with Crippen molar-refractivity contribution in [3.8, 4) is 11.5 Å². The Labute approximate surface area is 314 Å². The van der Waals surface area contributed by atoms with Crippen LogP contribution in [-0.2, 0) is 24.4 Å². The molecule has 2 aromatic carbocycles. The summed E-state index contributed by atoms with van der Waals surface area (Å²) in [4.78, 5) is 29.7. The highest BCUT2D eigenvalue weighted by molar-refractivity contribution is 6.75. The second-order valence-electron chi connectivity index (χ2n) is 18.9. The molecule has 2 heterocycles. The largest absolute Gasteiger partial charge is 0.457 e. The van der Waals surface area contributed by atoms with Crippen LogP contribution in [-0.4, -0.2) is 59.4 Å². The fraction of sp³-hybridized carbons (Fsp3) is 0.600. The van der Waals surface area contributed by atoms with Gasteiger partial charge in [0.05, 0.1) is 6.61 Å². The van der Waals surface area contributed by atoms with Gasteiger partial charge in [-0.3, -0.25) is 14.3 Å². The Morgan fingerprint density at radius 2 is 1.19 bits per heavy atom. The molecule has 0 spiro atoms. The highest BCUT2D eigenvalue weighted by atomic mass is 28.4. The first kappa shape index (κ1) is 42.2. The summed E-state index contributed by atoms with van der Waals surface area (Å²) in [6.45, 7) is 33.6. The minimum Gasteiger partial charge on any atom is -0.457 e. The Hall–Kier alpha value is -2.59. The van der Waals surface area contributed by atoms with Gasteiger partial charge in [-0.15, -0.1) is 0 Å². The van der Waals surface area contributed by atoms with Crippen LogP contribution in [0.1, 0.15) is 79.7 Å². The maximum Gasteiger partial charge on any atom is 0.330 e. The van der Waals surface area contributed by atoms with Gasteiger partial charge in [-0.2, -0.15) is 0 Å². The third kappa shape index (κ3) is 9.74. The maximum absolute atomic E-state index is 13.8. The van der Waals surface area contributed by atoms with Crippen LogP contribution in [0.3, 0.4) is 0 Å². The zero-order chi connectivity index (χ0) is 39.1. The Morgan fingerprint density at radius 1 is 0.692 bits per heavy atom. The fourth-order valence-electron chi connectivity index (χ4n) is 5.24. The van der Waals surface area contributed by atoms with E-state index in [-0.39, 0.29) is 15.1 Å². The summed E-state index contributed by atoms with van der Waals surface area (Å²) in [5.74, 6) is 1.44. The number of benzene rings is 2. The van der Waals surface area contributed by atoms with E-state index < -0.39 is 60.7 Å². The molecule has 4 atom stereocenters. The first-order valence-corrected chi connectivity index (χ1v) is 27.3. The predicted octanol–water partition coefficient (Wildman–Crippen LogP) is 9.62. The van der Waals surface area contributed by atoms with E-state index in [1.54, 1.807) is 6.20 Å². The molecule has 3 aromatic rings. The van der Waals surface area contributed by atoms with Crippen LogP contribution in [0.5, 0.6) is 11.5 Å². The van der Waals surface area contributed by atoms with E-state index in [9.17, 15) is 9.59 Å². The smallest absolute Gasteiger partial charge is 0.330 e. The normalized spacial score (nSPS) is 20.7. The number of nitrogens with zero attached hydrogens (tertiary/aromatic N) is 1. The summed E-state index contributed by atoms with van der Waals surface area (Å²) in [5.41, 5.74) is 0.356. The molecule has 0 radical (unpaired) electrons. The molecule has 1 aliphatic rings. The zero-order valence-corrected chi connectivity index (χ0v) is 37.3. The summed E-state index contributed by atoms with van der Waals surface area (Å²) in [6, 6.07) is 17.2. The number of hydrogen-bond donors (Lipinski definition) is 1. The molecule has 0 amide bonds. The van der Waals surface area contributed by atoms with Gasteiger partial charge in [0.2, 0.25) is 0 Å². The molecule has 1 fully saturated rings. The number of aromatic amines is 1. The van der Waals surface area contributed by atoms with Gasteiger partial charge in [0.1, 0.15) is 29.8 Å². The van der Waals surface area contributed by atoms with E-state index in [0.29, 0.717) is 24.3 Å². The van der Waals surface area contributed by atoms with Crippen molar-refractivity contribution in [2.45, 2.75) is 148 Å². The highest BCUT2D eigenvalue weighted by Crippen LogP contribution is 2.46. The van der Waals surface area contributed by atoms with Gasteiger partial charge in [0, 0.05) is 18.2 Å². The van der Waals surface area contributed by atoms with Crippen LogP contribution in [0, 0.1) is 0 Å².